The van der Waals surface area contributed by atoms with Crippen LogP contribution in [0.2, 0.25) is 0 Å². The Balaban J connectivity index is 1.96. The van der Waals surface area contributed by atoms with Crippen molar-refractivity contribution in [3.05, 3.63) is 60.2 Å². The van der Waals surface area contributed by atoms with Gasteiger partial charge in [0, 0.05) is 19.7 Å². The highest BCUT2D eigenvalue weighted by Gasteiger charge is 2.13. The van der Waals surface area contributed by atoms with Gasteiger partial charge in [-0.05, 0) is 17.7 Å². The van der Waals surface area contributed by atoms with Crippen molar-refractivity contribution in [2.45, 2.75) is 6.54 Å². The number of anilines is 1. The molecule has 0 saturated heterocycles. The van der Waals surface area contributed by atoms with Crippen molar-refractivity contribution >= 4 is 5.95 Å². The van der Waals surface area contributed by atoms with Gasteiger partial charge in [-0.3, -0.25) is 0 Å². The average Bonchev–Trinajstić information content (AvgIpc) is 3.00. The highest BCUT2D eigenvalue weighted by atomic mass is 16.5. The van der Waals surface area contributed by atoms with Crippen LogP contribution in [0.15, 0.2) is 54.6 Å². The average molecular weight is 308 g/mol. The fraction of sp³-hybridized carbons (Fsp3) is 0.222. The molecule has 0 radical (unpaired) electrons. The van der Waals surface area contributed by atoms with Gasteiger partial charge in [0.15, 0.2) is 5.82 Å². The van der Waals surface area contributed by atoms with Gasteiger partial charge < -0.3 is 9.64 Å². The van der Waals surface area contributed by atoms with Gasteiger partial charge in [-0.25, -0.2) is 4.68 Å². The molecule has 0 saturated carbocycles. The third-order valence-electron chi connectivity index (χ3n) is 3.58. The Bertz CT molecular complexity index is 763. The number of benzene rings is 2. The summed E-state index contributed by atoms with van der Waals surface area (Å²) in [6.07, 6.45) is 0. The van der Waals surface area contributed by atoms with Gasteiger partial charge in [0.25, 0.3) is 0 Å². The Morgan fingerprint density at radius 3 is 2.30 bits per heavy atom. The number of aromatic nitrogens is 3. The molecule has 23 heavy (non-hydrogen) atoms. The van der Waals surface area contributed by atoms with Crippen LogP contribution in [-0.4, -0.2) is 36.0 Å². The zero-order valence-corrected chi connectivity index (χ0v) is 13.6. The second-order valence-corrected chi connectivity index (χ2v) is 5.50. The number of methoxy groups -OCH3 is 1. The predicted molar refractivity (Wildman–Crippen MR) is 91.9 cm³/mol. The molecule has 1 heterocycles. The lowest BCUT2D eigenvalue weighted by Crippen LogP contribution is -2.11. The molecule has 2 aromatic carbocycles. The molecule has 0 spiro atoms. The van der Waals surface area contributed by atoms with Crippen LogP contribution in [0.25, 0.3) is 11.4 Å². The topological polar surface area (TPSA) is 43.2 Å². The summed E-state index contributed by atoms with van der Waals surface area (Å²) < 4.78 is 7.14. The maximum Gasteiger partial charge on any atom is 0.244 e. The van der Waals surface area contributed by atoms with Crippen molar-refractivity contribution < 1.29 is 4.74 Å². The van der Waals surface area contributed by atoms with E-state index in [4.69, 9.17) is 4.74 Å². The van der Waals surface area contributed by atoms with Gasteiger partial charge in [-0.2, -0.15) is 4.98 Å². The smallest absolute Gasteiger partial charge is 0.244 e. The standard InChI is InChI=1S/C18H20N4O/c1-21(2)18-19-17(15-7-5-4-6-8-15)22(20-18)13-14-9-11-16(23-3)12-10-14/h4-12H,13H2,1-3H3. The molecule has 0 fully saturated rings. The number of nitrogens with zero attached hydrogens (tertiary/aromatic N) is 4. The first-order valence-electron chi connectivity index (χ1n) is 7.48. The van der Waals surface area contributed by atoms with Crippen LogP contribution in [-0.2, 0) is 6.54 Å². The highest BCUT2D eigenvalue weighted by molar-refractivity contribution is 5.57. The Kier molecular flexibility index (Phi) is 4.28. The van der Waals surface area contributed by atoms with E-state index in [0.29, 0.717) is 12.5 Å². The molecule has 5 heteroatoms. The second-order valence-electron chi connectivity index (χ2n) is 5.50. The largest absolute Gasteiger partial charge is 0.497 e. The van der Waals surface area contributed by atoms with Crippen LogP contribution in [0.1, 0.15) is 5.56 Å². The Hall–Kier alpha value is -2.82. The molecule has 118 valence electrons. The lowest BCUT2D eigenvalue weighted by Gasteiger charge is -2.07. The summed E-state index contributed by atoms with van der Waals surface area (Å²) in [6.45, 7) is 0.662. The summed E-state index contributed by atoms with van der Waals surface area (Å²) in [4.78, 5) is 6.58. The first-order chi connectivity index (χ1) is 11.2. The van der Waals surface area contributed by atoms with Crippen molar-refractivity contribution in [3.63, 3.8) is 0 Å². The third kappa shape index (κ3) is 3.34. The molecule has 5 nitrogen and oxygen atoms in total. The SMILES string of the molecule is COc1ccc(Cn2nc(N(C)C)nc2-c2ccccc2)cc1. The number of rotatable bonds is 5. The third-order valence-corrected chi connectivity index (χ3v) is 3.58. The van der Waals surface area contributed by atoms with E-state index in [9.17, 15) is 0 Å². The Morgan fingerprint density at radius 1 is 1.00 bits per heavy atom. The van der Waals surface area contributed by atoms with E-state index in [1.54, 1.807) is 7.11 Å². The van der Waals surface area contributed by atoms with Crippen molar-refractivity contribution in [1.29, 1.82) is 0 Å². The highest BCUT2D eigenvalue weighted by Crippen LogP contribution is 2.21. The molecule has 1 aromatic heterocycles. The van der Waals surface area contributed by atoms with Crippen molar-refractivity contribution in [1.82, 2.24) is 14.8 Å². The molecule has 3 rings (SSSR count). The summed E-state index contributed by atoms with van der Waals surface area (Å²) in [7, 11) is 5.56. The van der Waals surface area contributed by atoms with Crippen LogP contribution in [0, 0.1) is 0 Å². The number of ether oxygens (including phenoxy) is 1. The number of hydrogen-bond acceptors (Lipinski definition) is 4. The molecule has 0 bridgehead atoms. The first kappa shape index (κ1) is 15.1. The maximum absolute atomic E-state index is 5.21. The molecular weight excluding hydrogens is 288 g/mol. The van der Waals surface area contributed by atoms with E-state index >= 15 is 0 Å². The zero-order chi connectivity index (χ0) is 16.2. The molecule has 0 N–H and O–H groups in total. The maximum atomic E-state index is 5.21. The van der Waals surface area contributed by atoms with Crippen LogP contribution >= 0.6 is 0 Å². The Labute approximate surface area is 136 Å². The molecular formula is C18H20N4O. The summed E-state index contributed by atoms with van der Waals surface area (Å²) in [5, 5.41) is 4.62. The Morgan fingerprint density at radius 2 is 1.70 bits per heavy atom. The van der Waals surface area contributed by atoms with Crippen molar-refractivity contribution in [2.75, 3.05) is 26.1 Å². The summed E-state index contributed by atoms with van der Waals surface area (Å²) in [5.41, 5.74) is 2.21. The lowest BCUT2D eigenvalue weighted by atomic mass is 10.2. The van der Waals surface area contributed by atoms with Gasteiger partial charge in [0.1, 0.15) is 5.75 Å². The fourth-order valence-electron chi connectivity index (χ4n) is 2.33. The number of hydrogen-bond donors (Lipinski definition) is 0. The van der Waals surface area contributed by atoms with Crippen LogP contribution in [0.3, 0.4) is 0 Å². The fourth-order valence-corrected chi connectivity index (χ4v) is 2.33. The van der Waals surface area contributed by atoms with E-state index in [1.165, 1.54) is 0 Å². The minimum absolute atomic E-state index is 0.662. The van der Waals surface area contributed by atoms with Crippen molar-refractivity contribution in [3.8, 4) is 17.1 Å². The molecule has 0 aliphatic carbocycles. The van der Waals surface area contributed by atoms with Gasteiger partial charge in [-0.15, -0.1) is 5.10 Å². The van der Waals surface area contributed by atoms with E-state index < -0.39 is 0 Å². The predicted octanol–water partition coefficient (Wildman–Crippen LogP) is 3.07. The molecule has 0 aliphatic heterocycles. The van der Waals surface area contributed by atoms with E-state index in [-0.39, 0.29) is 0 Å². The lowest BCUT2D eigenvalue weighted by molar-refractivity contribution is 0.414. The van der Waals surface area contributed by atoms with Crippen LogP contribution < -0.4 is 9.64 Å². The normalized spacial score (nSPS) is 10.6. The minimum atomic E-state index is 0.662. The van der Waals surface area contributed by atoms with Gasteiger partial charge >= 0.3 is 0 Å². The van der Waals surface area contributed by atoms with Gasteiger partial charge in [-0.1, -0.05) is 42.5 Å². The quantitative estimate of drug-likeness (QED) is 0.726. The first-order valence-corrected chi connectivity index (χ1v) is 7.48. The zero-order valence-electron chi connectivity index (χ0n) is 13.6. The monoisotopic (exact) mass is 308 g/mol. The molecule has 0 atom stereocenters. The summed E-state index contributed by atoms with van der Waals surface area (Å²) >= 11 is 0. The van der Waals surface area contributed by atoms with Crippen LogP contribution in [0.5, 0.6) is 5.75 Å². The summed E-state index contributed by atoms with van der Waals surface area (Å²) in [5.74, 6) is 2.42. The molecule has 0 aliphatic rings. The van der Waals surface area contributed by atoms with Crippen LogP contribution in [0.4, 0.5) is 5.95 Å². The minimum Gasteiger partial charge on any atom is -0.497 e. The summed E-state index contributed by atoms with van der Waals surface area (Å²) in [6, 6.07) is 18.1. The van der Waals surface area contributed by atoms with E-state index in [0.717, 1.165) is 22.7 Å². The second kappa shape index (κ2) is 6.52. The molecule has 0 unspecified atom stereocenters. The molecule has 3 aromatic rings. The molecule has 0 amide bonds. The van der Waals surface area contributed by atoms with Gasteiger partial charge in [0.2, 0.25) is 5.95 Å². The van der Waals surface area contributed by atoms with Gasteiger partial charge in [0.05, 0.1) is 13.7 Å². The van der Waals surface area contributed by atoms with E-state index in [1.807, 2.05) is 78.3 Å². The van der Waals surface area contributed by atoms with Crippen molar-refractivity contribution in [2.24, 2.45) is 0 Å². The van der Waals surface area contributed by atoms with E-state index in [2.05, 4.69) is 10.1 Å².